The van der Waals surface area contributed by atoms with E-state index in [9.17, 15) is 9.90 Å². The van der Waals surface area contributed by atoms with E-state index in [2.05, 4.69) is 5.32 Å². The molecule has 5 N–H and O–H groups in total. The first-order valence-electron chi connectivity index (χ1n) is 5.91. The number of carbonyl (C=O) groups excluding carboxylic acids is 1. The standard InChI is InChI=1S/C15H14N2O3/c16-14-7-6-13(19)9-10(14)1-8-15(20)17-11-2-4-12(18)5-3-11/h1-9,18-19H,16H2,(H,17,20)/b8-1+. The Balaban J connectivity index is 2.05. The largest absolute Gasteiger partial charge is 0.508 e. The lowest BCUT2D eigenvalue weighted by atomic mass is 10.1. The minimum absolute atomic E-state index is 0.0813. The molecule has 102 valence electrons. The van der Waals surface area contributed by atoms with Crippen LogP contribution in [-0.4, -0.2) is 16.1 Å². The normalized spacial score (nSPS) is 10.6. The number of hydrogen-bond acceptors (Lipinski definition) is 4. The highest BCUT2D eigenvalue weighted by atomic mass is 16.3. The number of phenolic OH excluding ortho intramolecular Hbond substituents is 2. The van der Waals surface area contributed by atoms with E-state index in [4.69, 9.17) is 10.8 Å². The van der Waals surface area contributed by atoms with E-state index in [-0.39, 0.29) is 17.4 Å². The van der Waals surface area contributed by atoms with Gasteiger partial charge in [-0.3, -0.25) is 4.79 Å². The molecule has 0 radical (unpaired) electrons. The molecule has 0 unspecified atom stereocenters. The van der Waals surface area contributed by atoms with Crippen molar-refractivity contribution in [3.8, 4) is 11.5 Å². The summed E-state index contributed by atoms with van der Waals surface area (Å²) in [5.74, 6) is -0.123. The van der Waals surface area contributed by atoms with Gasteiger partial charge in [0.25, 0.3) is 0 Å². The van der Waals surface area contributed by atoms with Gasteiger partial charge in [-0.1, -0.05) is 0 Å². The number of nitrogen functional groups attached to an aromatic ring is 1. The molecule has 0 fully saturated rings. The number of amides is 1. The lowest BCUT2D eigenvalue weighted by molar-refractivity contribution is -0.111. The second-order valence-corrected chi connectivity index (χ2v) is 4.18. The van der Waals surface area contributed by atoms with Crippen LogP contribution >= 0.6 is 0 Å². The van der Waals surface area contributed by atoms with Gasteiger partial charge in [-0.15, -0.1) is 0 Å². The Hall–Kier alpha value is -2.95. The molecular formula is C15H14N2O3. The van der Waals surface area contributed by atoms with E-state index < -0.39 is 0 Å². The number of carbonyl (C=O) groups is 1. The number of hydrogen-bond donors (Lipinski definition) is 4. The number of rotatable bonds is 3. The third-order valence-corrected chi connectivity index (χ3v) is 2.62. The molecular weight excluding hydrogens is 256 g/mol. The molecule has 5 heteroatoms. The lowest BCUT2D eigenvalue weighted by Gasteiger charge is -2.03. The maximum absolute atomic E-state index is 11.7. The van der Waals surface area contributed by atoms with E-state index in [0.29, 0.717) is 16.9 Å². The van der Waals surface area contributed by atoms with E-state index in [0.717, 1.165) is 0 Å². The summed E-state index contributed by atoms with van der Waals surface area (Å²) in [6, 6.07) is 10.6. The predicted molar refractivity (Wildman–Crippen MR) is 78.3 cm³/mol. The lowest BCUT2D eigenvalue weighted by Crippen LogP contribution is -2.07. The van der Waals surface area contributed by atoms with Crippen molar-refractivity contribution >= 4 is 23.4 Å². The first-order chi connectivity index (χ1) is 9.54. The zero-order chi connectivity index (χ0) is 14.5. The van der Waals surface area contributed by atoms with Crippen LogP contribution < -0.4 is 11.1 Å². The molecule has 0 saturated carbocycles. The van der Waals surface area contributed by atoms with E-state index in [1.807, 2.05) is 0 Å². The molecule has 1 amide bonds. The highest BCUT2D eigenvalue weighted by Gasteiger charge is 2.00. The summed E-state index contributed by atoms with van der Waals surface area (Å²) < 4.78 is 0. The Bertz CT molecular complexity index is 649. The summed E-state index contributed by atoms with van der Waals surface area (Å²) in [4.78, 5) is 11.7. The Morgan fingerprint density at radius 3 is 2.40 bits per heavy atom. The second kappa shape index (κ2) is 5.79. The van der Waals surface area contributed by atoms with Gasteiger partial charge in [0.1, 0.15) is 11.5 Å². The molecule has 2 aromatic carbocycles. The van der Waals surface area contributed by atoms with Gasteiger partial charge in [0, 0.05) is 23.0 Å². The third-order valence-electron chi connectivity index (χ3n) is 2.62. The minimum atomic E-state index is -0.335. The van der Waals surface area contributed by atoms with Crippen LogP contribution in [0.25, 0.3) is 6.08 Å². The Labute approximate surface area is 116 Å². The molecule has 0 saturated heterocycles. The topological polar surface area (TPSA) is 95.6 Å². The summed E-state index contributed by atoms with van der Waals surface area (Å²) in [5.41, 5.74) is 7.32. The van der Waals surface area contributed by atoms with Crippen molar-refractivity contribution in [2.24, 2.45) is 0 Å². The number of nitrogens with one attached hydrogen (secondary N) is 1. The molecule has 2 aromatic rings. The Morgan fingerprint density at radius 1 is 1.05 bits per heavy atom. The summed E-state index contributed by atoms with van der Waals surface area (Å²) in [6.07, 6.45) is 2.84. The van der Waals surface area contributed by atoms with Crippen LogP contribution in [0.5, 0.6) is 11.5 Å². The van der Waals surface area contributed by atoms with Gasteiger partial charge >= 0.3 is 0 Å². The van der Waals surface area contributed by atoms with Crippen LogP contribution in [0.15, 0.2) is 48.5 Å². The Morgan fingerprint density at radius 2 is 1.70 bits per heavy atom. The summed E-state index contributed by atoms with van der Waals surface area (Å²) in [7, 11) is 0. The average molecular weight is 270 g/mol. The van der Waals surface area contributed by atoms with Crippen molar-refractivity contribution in [1.29, 1.82) is 0 Å². The summed E-state index contributed by atoms with van der Waals surface area (Å²) in [6.45, 7) is 0. The van der Waals surface area contributed by atoms with Crippen LogP contribution in [0.2, 0.25) is 0 Å². The third kappa shape index (κ3) is 3.52. The highest BCUT2D eigenvalue weighted by Crippen LogP contribution is 2.20. The van der Waals surface area contributed by atoms with Crippen LogP contribution in [0, 0.1) is 0 Å². The maximum atomic E-state index is 11.7. The van der Waals surface area contributed by atoms with Gasteiger partial charge in [0.05, 0.1) is 0 Å². The first kappa shape index (κ1) is 13.5. The fourth-order valence-corrected chi connectivity index (χ4v) is 1.60. The number of phenols is 2. The van der Waals surface area contributed by atoms with E-state index in [1.54, 1.807) is 18.2 Å². The number of nitrogens with two attached hydrogens (primary N) is 1. The predicted octanol–water partition coefficient (Wildman–Crippen LogP) is 2.33. The fourth-order valence-electron chi connectivity index (χ4n) is 1.60. The van der Waals surface area contributed by atoms with E-state index in [1.165, 1.54) is 36.4 Å². The zero-order valence-electron chi connectivity index (χ0n) is 10.6. The van der Waals surface area contributed by atoms with Crippen LogP contribution in [-0.2, 0) is 4.79 Å². The van der Waals surface area contributed by atoms with Crippen molar-refractivity contribution in [3.63, 3.8) is 0 Å². The van der Waals surface area contributed by atoms with Crippen molar-refractivity contribution in [2.45, 2.75) is 0 Å². The van der Waals surface area contributed by atoms with E-state index >= 15 is 0 Å². The fraction of sp³-hybridized carbons (Fsp3) is 0. The van der Waals surface area contributed by atoms with Gasteiger partial charge in [0.2, 0.25) is 5.91 Å². The maximum Gasteiger partial charge on any atom is 0.248 e. The molecule has 0 spiro atoms. The average Bonchev–Trinajstić information content (AvgIpc) is 2.42. The van der Waals surface area contributed by atoms with Crippen LogP contribution in [0.4, 0.5) is 11.4 Å². The smallest absolute Gasteiger partial charge is 0.248 e. The number of anilines is 2. The van der Waals surface area contributed by atoms with Gasteiger partial charge in [-0.05, 0) is 48.5 Å². The zero-order valence-corrected chi connectivity index (χ0v) is 10.6. The van der Waals surface area contributed by atoms with Crippen molar-refractivity contribution in [1.82, 2.24) is 0 Å². The highest BCUT2D eigenvalue weighted by molar-refractivity contribution is 6.02. The van der Waals surface area contributed by atoms with Crippen molar-refractivity contribution in [3.05, 3.63) is 54.1 Å². The van der Waals surface area contributed by atoms with Crippen molar-refractivity contribution in [2.75, 3.05) is 11.1 Å². The Kier molecular flexibility index (Phi) is 3.91. The first-order valence-corrected chi connectivity index (χ1v) is 5.91. The molecule has 0 aromatic heterocycles. The molecule has 0 aliphatic rings. The summed E-state index contributed by atoms with van der Waals surface area (Å²) in [5, 5.41) is 21.1. The molecule has 5 nitrogen and oxygen atoms in total. The quantitative estimate of drug-likeness (QED) is 0.391. The molecule has 0 atom stereocenters. The summed E-state index contributed by atoms with van der Waals surface area (Å²) >= 11 is 0. The molecule has 2 rings (SSSR count). The number of aromatic hydroxyl groups is 2. The van der Waals surface area contributed by atoms with Crippen molar-refractivity contribution < 1.29 is 15.0 Å². The van der Waals surface area contributed by atoms with Gasteiger partial charge in [-0.25, -0.2) is 0 Å². The monoisotopic (exact) mass is 270 g/mol. The molecule has 20 heavy (non-hydrogen) atoms. The van der Waals surface area contributed by atoms with Crippen LogP contribution in [0.3, 0.4) is 0 Å². The minimum Gasteiger partial charge on any atom is -0.508 e. The van der Waals surface area contributed by atoms with Crippen LogP contribution in [0.1, 0.15) is 5.56 Å². The molecule has 0 bridgehead atoms. The second-order valence-electron chi connectivity index (χ2n) is 4.18. The van der Waals surface area contributed by atoms with Gasteiger partial charge in [0.15, 0.2) is 0 Å². The van der Waals surface area contributed by atoms with Gasteiger partial charge < -0.3 is 21.3 Å². The number of benzene rings is 2. The SMILES string of the molecule is Nc1ccc(O)cc1/C=C/C(=O)Nc1ccc(O)cc1. The molecule has 0 aliphatic carbocycles. The molecule has 0 heterocycles. The molecule has 0 aliphatic heterocycles. The van der Waals surface area contributed by atoms with Gasteiger partial charge in [-0.2, -0.15) is 0 Å².